The van der Waals surface area contributed by atoms with Crippen LogP contribution in [0.5, 0.6) is 0 Å². The van der Waals surface area contributed by atoms with Crippen molar-refractivity contribution in [3.8, 4) is 0 Å². The van der Waals surface area contributed by atoms with Gasteiger partial charge >= 0.3 is 6.03 Å². The summed E-state index contributed by atoms with van der Waals surface area (Å²) < 4.78 is 30.0. The van der Waals surface area contributed by atoms with Gasteiger partial charge in [0.25, 0.3) is 0 Å². The lowest BCUT2D eigenvalue weighted by atomic mass is 10.0. The summed E-state index contributed by atoms with van der Waals surface area (Å²) in [5, 5.41) is 2.94. The molecule has 0 aromatic rings. The molecular formula is C13H25N3O4S. The molecule has 2 amide bonds. The minimum atomic E-state index is -3.20. The number of carbonyl (C=O) groups excluding carboxylic acids is 1. The van der Waals surface area contributed by atoms with Crippen molar-refractivity contribution in [2.24, 2.45) is 5.92 Å². The van der Waals surface area contributed by atoms with E-state index in [0.717, 1.165) is 19.4 Å². The highest BCUT2D eigenvalue weighted by molar-refractivity contribution is 7.88. The number of rotatable bonds is 3. The second kappa shape index (κ2) is 6.93. The number of piperazine rings is 1. The predicted molar refractivity (Wildman–Crippen MR) is 79.5 cm³/mol. The molecule has 2 atom stereocenters. The number of carbonyl (C=O) groups is 1. The van der Waals surface area contributed by atoms with Gasteiger partial charge in [0.15, 0.2) is 0 Å². The molecule has 0 spiro atoms. The van der Waals surface area contributed by atoms with Crippen molar-refractivity contribution in [2.75, 3.05) is 45.6 Å². The molecule has 2 rings (SSSR count). The Kier molecular flexibility index (Phi) is 5.45. The molecule has 2 saturated heterocycles. The standard InChI is InChI=1S/C13H25N3O4S/c1-11-9-15(5-6-16(11)21(2,18)19)13(17)14-8-12-4-3-7-20-10-12/h11-12H,3-10H2,1-2H3,(H,14,17)/t11-,12?/m0/s1. The quantitative estimate of drug-likeness (QED) is 0.799. The molecule has 2 fully saturated rings. The number of urea groups is 1. The van der Waals surface area contributed by atoms with Crippen molar-refractivity contribution in [2.45, 2.75) is 25.8 Å². The molecule has 0 radical (unpaired) electrons. The highest BCUT2D eigenvalue weighted by Gasteiger charge is 2.31. The first-order chi connectivity index (χ1) is 9.88. The summed E-state index contributed by atoms with van der Waals surface area (Å²) in [6, 6.07) is -0.293. The minimum absolute atomic E-state index is 0.111. The zero-order valence-corrected chi connectivity index (χ0v) is 13.6. The molecule has 2 aliphatic rings. The third kappa shape index (κ3) is 4.55. The largest absolute Gasteiger partial charge is 0.381 e. The van der Waals surface area contributed by atoms with E-state index in [1.165, 1.54) is 10.6 Å². The second-order valence-electron chi connectivity index (χ2n) is 5.94. The van der Waals surface area contributed by atoms with Crippen LogP contribution in [0.25, 0.3) is 0 Å². The zero-order valence-electron chi connectivity index (χ0n) is 12.7. The lowest BCUT2D eigenvalue weighted by molar-refractivity contribution is 0.0547. The van der Waals surface area contributed by atoms with Gasteiger partial charge in [-0.3, -0.25) is 0 Å². The Labute approximate surface area is 126 Å². The highest BCUT2D eigenvalue weighted by atomic mass is 32.2. The van der Waals surface area contributed by atoms with Crippen LogP contribution in [-0.2, 0) is 14.8 Å². The van der Waals surface area contributed by atoms with Gasteiger partial charge in [0.1, 0.15) is 0 Å². The molecule has 21 heavy (non-hydrogen) atoms. The molecule has 0 aliphatic carbocycles. The zero-order chi connectivity index (χ0) is 15.5. The van der Waals surface area contributed by atoms with E-state index in [2.05, 4.69) is 5.32 Å². The fourth-order valence-corrected chi connectivity index (χ4v) is 4.06. The Morgan fingerprint density at radius 2 is 2.14 bits per heavy atom. The van der Waals surface area contributed by atoms with E-state index in [0.29, 0.717) is 38.7 Å². The Morgan fingerprint density at radius 1 is 1.38 bits per heavy atom. The molecule has 1 unspecified atom stereocenters. The van der Waals surface area contributed by atoms with Gasteiger partial charge in [-0.05, 0) is 25.7 Å². The van der Waals surface area contributed by atoms with Gasteiger partial charge in [-0.1, -0.05) is 0 Å². The molecule has 122 valence electrons. The Morgan fingerprint density at radius 3 is 2.71 bits per heavy atom. The average Bonchev–Trinajstić information content (AvgIpc) is 2.44. The van der Waals surface area contributed by atoms with Gasteiger partial charge in [0.2, 0.25) is 10.0 Å². The average molecular weight is 319 g/mol. The van der Waals surface area contributed by atoms with Crippen LogP contribution in [0.1, 0.15) is 19.8 Å². The number of hydrogen-bond acceptors (Lipinski definition) is 4. The Hall–Kier alpha value is -0.860. The van der Waals surface area contributed by atoms with Gasteiger partial charge in [-0.25, -0.2) is 13.2 Å². The van der Waals surface area contributed by atoms with E-state index in [1.54, 1.807) is 4.90 Å². The SMILES string of the molecule is C[C@H]1CN(C(=O)NCC2CCCOC2)CCN1S(C)(=O)=O. The van der Waals surface area contributed by atoms with Crippen molar-refractivity contribution in [1.82, 2.24) is 14.5 Å². The fraction of sp³-hybridized carbons (Fsp3) is 0.923. The van der Waals surface area contributed by atoms with Crippen molar-refractivity contribution >= 4 is 16.1 Å². The van der Waals surface area contributed by atoms with Crippen LogP contribution in [0.15, 0.2) is 0 Å². The summed E-state index contributed by atoms with van der Waals surface area (Å²) in [4.78, 5) is 13.8. The number of hydrogen-bond donors (Lipinski definition) is 1. The molecule has 0 bridgehead atoms. The van der Waals surface area contributed by atoms with Crippen LogP contribution in [0.2, 0.25) is 0 Å². The molecule has 1 N–H and O–H groups in total. The number of ether oxygens (including phenoxy) is 1. The minimum Gasteiger partial charge on any atom is -0.381 e. The summed E-state index contributed by atoms with van der Waals surface area (Å²) in [6.07, 6.45) is 3.34. The summed E-state index contributed by atoms with van der Waals surface area (Å²) >= 11 is 0. The number of amides is 2. The number of nitrogens with zero attached hydrogens (tertiary/aromatic N) is 2. The maximum atomic E-state index is 12.1. The lowest BCUT2D eigenvalue weighted by Crippen LogP contribution is -2.57. The normalized spacial score (nSPS) is 28.4. The summed E-state index contributed by atoms with van der Waals surface area (Å²) in [7, 11) is -3.20. The van der Waals surface area contributed by atoms with Crippen LogP contribution in [0.3, 0.4) is 0 Å². The molecule has 0 aromatic carbocycles. The molecule has 7 nitrogen and oxygen atoms in total. The van der Waals surface area contributed by atoms with Crippen molar-refractivity contribution < 1.29 is 17.9 Å². The smallest absolute Gasteiger partial charge is 0.317 e. The van der Waals surface area contributed by atoms with Gasteiger partial charge in [-0.15, -0.1) is 0 Å². The molecular weight excluding hydrogens is 294 g/mol. The summed E-state index contributed by atoms with van der Waals surface area (Å²) in [6.45, 7) is 5.20. The fourth-order valence-electron chi connectivity index (χ4n) is 2.93. The Bertz CT molecular complexity index is 462. The molecule has 2 aliphatic heterocycles. The van der Waals surface area contributed by atoms with E-state index >= 15 is 0 Å². The van der Waals surface area contributed by atoms with Crippen molar-refractivity contribution in [3.63, 3.8) is 0 Å². The Balaban J connectivity index is 1.79. The molecule has 0 saturated carbocycles. The van der Waals surface area contributed by atoms with E-state index in [9.17, 15) is 13.2 Å². The lowest BCUT2D eigenvalue weighted by Gasteiger charge is -2.38. The van der Waals surface area contributed by atoms with Crippen LogP contribution in [0.4, 0.5) is 4.79 Å². The maximum Gasteiger partial charge on any atom is 0.317 e. The molecule has 2 heterocycles. The van der Waals surface area contributed by atoms with E-state index in [4.69, 9.17) is 4.74 Å². The van der Waals surface area contributed by atoms with E-state index < -0.39 is 10.0 Å². The summed E-state index contributed by atoms with van der Waals surface area (Å²) in [5.41, 5.74) is 0. The third-order valence-corrected chi connectivity index (χ3v) is 5.47. The molecule has 8 heteroatoms. The van der Waals surface area contributed by atoms with E-state index in [-0.39, 0.29) is 12.1 Å². The van der Waals surface area contributed by atoms with Gasteiger partial charge in [0, 0.05) is 38.8 Å². The molecule has 0 aromatic heterocycles. The van der Waals surface area contributed by atoms with Crippen LogP contribution >= 0.6 is 0 Å². The van der Waals surface area contributed by atoms with Crippen LogP contribution in [-0.4, -0.2) is 75.3 Å². The number of sulfonamides is 1. The topological polar surface area (TPSA) is 79.0 Å². The first-order valence-corrected chi connectivity index (χ1v) is 9.30. The first-order valence-electron chi connectivity index (χ1n) is 7.45. The van der Waals surface area contributed by atoms with Crippen LogP contribution in [0, 0.1) is 5.92 Å². The van der Waals surface area contributed by atoms with Gasteiger partial charge in [0.05, 0.1) is 12.9 Å². The maximum absolute atomic E-state index is 12.1. The van der Waals surface area contributed by atoms with Gasteiger partial charge < -0.3 is 15.0 Å². The highest BCUT2D eigenvalue weighted by Crippen LogP contribution is 2.14. The number of nitrogens with one attached hydrogen (secondary N) is 1. The van der Waals surface area contributed by atoms with Crippen molar-refractivity contribution in [1.29, 1.82) is 0 Å². The third-order valence-electron chi connectivity index (χ3n) is 4.08. The summed E-state index contributed by atoms with van der Waals surface area (Å²) in [5.74, 6) is 0.387. The van der Waals surface area contributed by atoms with E-state index in [1.807, 2.05) is 6.92 Å². The second-order valence-corrected chi connectivity index (χ2v) is 7.87. The van der Waals surface area contributed by atoms with Crippen LogP contribution < -0.4 is 5.32 Å². The van der Waals surface area contributed by atoms with Gasteiger partial charge in [-0.2, -0.15) is 4.31 Å². The predicted octanol–water partition coefficient (Wildman–Crippen LogP) is 0.0883. The first kappa shape index (κ1) is 16.5. The van der Waals surface area contributed by atoms with Crippen molar-refractivity contribution in [3.05, 3.63) is 0 Å². The monoisotopic (exact) mass is 319 g/mol.